The molecule has 0 rings (SSSR count). The van der Waals surface area contributed by atoms with Gasteiger partial charge in [-0.1, -0.05) is 10.6 Å². The highest BCUT2D eigenvalue weighted by atomic mass is 31.0. The van der Waals surface area contributed by atoms with E-state index >= 15 is 0 Å². The van der Waals surface area contributed by atoms with E-state index in [2.05, 4.69) is 46.2 Å². The van der Waals surface area contributed by atoms with E-state index in [0.29, 0.717) is 0 Å². The number of allylic oxidation sites excluding steroid dienone is 4. The number of hydrogen-bond acceptors (Lipinski definition) is 0. The SMILES string of the molecule is C/C(P)=C(C)/C(C)=C(/C)P. The summed E-state index contributed by atoms with van der Waals surface area (Å²) in [6.07, 6.45) is 0. The summed E-state index contributed by atoms with van der Waals surface area (Å²) in [7, 11) is 5.45. The second-order valence-corrected chi connectivity index (χ2v) is 4.35. The van der Waals surface area contributed by atoms with Gasteiger partial charge in [-0.2, -0.15) is 0 Å². The molecule has 2 heteroatoms. The molecule has 0 aromatic carbocycles. The van der Waals surface area contributed by atoms with Crippen molar-refractivity contribution in [2.24, 2.45) is 0 Å². The summed E-state index contributed by atoms with van der Waals surface area (Å²) in [4.78, 5) is 0. The van der Waals surface area contributed by atoms with Gasteiger partial charge >= 0.3 is 0 Å². The van der Waals surface area contributed by atoms with Crippen molar-refractivity contribution in [3.05, 3.63) is 21.8 Å². The standard InChI is InChI=1S/C8H16P2/c1-5(7(3)9)6(2)8(4)10/h9-10H2,1-4H3/b7-5-,8-6-. The molecule has 0 saturated carbocycles. The van der Waals surface area contributed by atoms with Gasteiger partial charge in [-0.15, -0.1) is 18.5 Å². The molecule has 0 bridgehead atoms. The third-order valence-corrected chi connectivity index (χ3v) is 2.61. The molecule has 58 valence electrons. The van der Waals surface area contributed by atoms with Gasteiger partial charge < -0.3 is 0 Å². The summed E-state index contributed by atoms with van der Waals surface area (Å²) in [6.45, 7) is 8.50. The molecule has 0 fully saturated rings. The zero-order chi connectivity index (χ0) is 8.31. The van der Waals surface area contributed by atoms with Crippen molar-refractivity contribution in [1.82, 2.24) is 0 Å². The van der Waals surface area contributed by atoms with Crippen molar-refractivity contribution < 1.29 is 0 Å². The minimum atomic E-state index is 1.32. The summed E-state index contributed by atoms with van der Waals surface area (Å²) in [5.41, 5.74) is 2.75. The highest BCUT2D eigenvalue weighted by molar-refractivity contribution is 7.23. The van der Waals surface area contributed by atoms with Gasteiger partial charge in [-0.3, -0.25) is 0 Å². The van der Waals surface area contributed by atoms with Gasteiger partial charge in [0.1, 0.15) is 0 Å². The average molecular weight is 174 g/mol. The van der Waals surface area contributed by atoms with Gasteiger partial charge in [0.25, 0.3) is 0 Å². The maximum absolute atomic E-state index is 2.72. The lowest BCUT2D eigenvalue weighted by Gasteiger charge is -2.05. The molecule has 0 aliphatic heterocycles. The van der Waals surface area contributed by atoms with Gasteiger partial charge in [-0.05, 0) is 38.8 Å². The van der Waals surface area contributed by atoms with Gasteiger partial charge in [-0.25, -0.2) is 0 Å². The topological polar surface area (TPSA) is 0 Å². The van der Waals surface area contributed by atoms with Crippen LogP contribution in [0.5, 0.6) is 0 Å². The molecule has 2 unspecified atom stereocenters. The van der Waals surface area contributed by atoms with Crippen LogP contribution in [0.15, 0.2) is 21.8 Å². The van der Waals surface area contributed by atoms with Crippen molar-refractivity contribution in [1.29, 1.82) is 0 Å². The molecule has 0 heterocycles. The smallest absolute Gasteiger partial charge is 0.0392 e. The maximum atomic E-state index is 2.72. The Kier molecular flexibility index (Phi) is 4.41. The predicted octanol–water partition coefficient (Wildman–Crippen LogP) is 3.32. The Bertz CT molecular complexity index is 157. The summed E-state index contributed by atoms with van der Waals surface area (Å²) in [5, 5.41) is 2.64. The minimum Gasteiger partial charge on any atom is -0.110 e. The lowest BCUT2D eigenvalue weighted by atomic mass is 10.1. The molecule has 0 N–H and O–H groups in total. The first-order valence-corrected chi connectivity index (χ1v) is 4.48. The fourth-order valence-corrected chi connectivity index (χ4v) is 1.02. The van der Waals surface area contributed by atoms with Gasteiger partial charge in [0, 0.05) is 0 Å². The number of hydrogen-bond donors (Lipinski definition) is 0. The first-order valence-electron chi connectivity index (χ1n) is 3.33. The molecule has 0 aliphatic rings. The summed E-state index contributed by atoms with van der Waals surface area (Å²) < 4.78 is 0. The minimum absolute atomic E-state index is 1.32. The highest BCUT2D eigenvalue weighted by Gasteiger charge is 1.96. The van der Waals surface area contributed by atoms with Crippen molar-refractivity contribution in [3.8, 4) is 0 Å². The lowest BCUT2D eigenvalue weighted by molar-refractivity contribution is 1.29. The van der Waals surface area contributed by atoms with Crippen LogP contribution < -0.4 is 0 Å². The van der Waals surface area contributed by atoms with Gasteiger partial charge in [0.2, 0.25) is 0 Å². The molecule has 0 aromatic rings. The van der Waals surface area contributed by atoms with Crippen LogP contribution >= 0.6 is 18.5 Å². The summed E-state index contributed by atoms with van der Waals surface area (Å²) >= 11 is 0. The van der Waals surface area contributed by atoms with Gasteiger partial charge in [0.05, 0.1) is 0 Å². The Morgan fingerprint density at radius 2 is 0.900 bits per heavy atom. The largest absolute Gasteiger partial charge is 0.110 e. The summed E-state index contributed by atoms with van der Waals surface area (Å²) in [5.74, 6) is 0. The zero-order valence-electron chi connectivity index (χ0n) is 7.15. The fraction of sp³-hybridized carbons (Fsp3) is 0.500. The van der Waals surface area contributed by atoms with Crippen LogP contribution in [0.3, 0.4) is 0 Å². The third-order valence-electron chi connectivity index (χ3n) is 1.75. The first-order chi connectivity index (χ1) is 4.46. The van der Waals surface area contributed by atoms with E-state index < -0.39 is 0 Å². The van der Waals surface area contributed by atoms with Crippen molar-refractivity contribution >= 4 is 18.5 Å². The van der Waals surface area contributed by atoms with Crippen molar-refractivity contribution in [2.75, 3.05) is 0 Å². The Hall–Kier alpha value is 0.340. The van der Waals surface area contributed by atoms with Crippen LogP contribution in [0.2, 0.25) is 0 Å². The normalized spacial score (nSPS) is 16.2. The quantitative estimate of drug-likeness (QED) is 0.422. The van der Waals surface area contributed by atoms with E-state index in [0.717, 1.165) is 0 Å². The van der Waals surface area contributed by atoms with Crippen molar-refractivity contribution in [2.45, 2.75) is 27.7 Å². The van der Waals surface area contributed by atoms with E-state index in [1.54, 1.807) is 0 Å². The second-order valence-electron chi connectivity index (χ2n) is 2.62. The zero-order valence-corrected chi connectivity index (χ0v) is 9.46. The highest BCUT2D eigenvalue weighted by Crippen LogP contribution is 2.23. The molecule has 2 atom stereocenters. The van der Waals surface area contributed by atoms with E-state index in [4.69, 9.17) is 0 Å². The molecule has 0 aliphatic carbocycles. The van der Waals surface area contributed by atoms with E-state index in [-0.39, 0.29) is 0 Å². The lowest BCUT2D eigenvalue weighted by Crippen LogP contribution is -1.81. The molecule has 0 nitrogen and oxygen atoms in total. The van der Waals surface area contributed by atoms with Crippen LogP contribution in [-0.4, -0.2) is 0 Å². The van der Waals surface area contributed by atoms with Crippen LogP contribution in [-0.2, 0) is 0 Å². The Balaban J connectivity index is 4.71. The molecule has 0 radical (unpaired) electrons. The summed E-state index contributed by atoms with van der Waals surface area (Å²) in [6, 6.07) is 0. The Morgan fingerprint density at radius 1 is 0.700 bits per heavy atom. The molecule has 0 spiro atoms. The molecular formula is C8H16P2. The maximum Gasteiger partial charge on any atom is -0.0392 e. The molecule has 0 saturated heterocycles. The number of rotatable bonds is 1. The third kappa shape index (κ3) is 2.95. The average Bonchev–Trinajstić information content (AvgIpc) is 1.84. The fourth-order valence-electron chi connectivity index (χ4n) is 0.592. The van der Waals surface area contributed by atoms with Crippen LogP contribution in [0.1, 0.15) is 27.7 Å². The van der Waals surface area contributed by atoms with E-state index in [9.17, 15) is 0 Å². The Morgan fingerprint density at radius 3 is 1.00 bits per heavy atom. The Labute approximate surface area is 68.6 Å². The monoisotopic (exact) mass is 174 g/mol. The molecule has 0 aromatic heterocycles. The van der Waals surface area contributed by atoms with Crippen molar-refractivity contribution in [3.63, 3.8) is 0 Å². The second kappa shape index (κ2) is 4.27. The molecular weight excluding hydrogens is 158 g/mol. The van der Waals surface area contributed by atoms with Crippen LogP contribution in [0.4, 0.5) is 0 Å². The van der Waals surface area contributed by atoms with E-state index in [1.807, 2.05) is 0 Å². The molecule has 10 heavy (non-hydrogen) atoms. The molecule has 0 amide bonds. The van der Waals surface area contributed by atoms with Crippen LogP contribution in [0.25, 0.3) is 0 Å². The van der Waals surface area contributed by atoms with Crippen LogP contribution in [0, 0.1) is 0 Å². The predicted molar refractivity (Wildman–Crippen MR) is 56.2 cm³/mol. The first kappa shape index (κ1) is 10.3. The van der Waals surface area contributed by atoms with E-state index in [1.165, 1.54) is 21.8 Å². The van der Waals surface area contributed by atoms with Gasteiger partial charge in [0.15, 0.2) is 0 Å².